The van der Waals surface area contributed by atoms with Crippen LogP contribution in [-0.2, 0) is 16.1 Å². The minimum absolute atomic E-state index is 0.139. The summed E-state index contributed by atoms with van der Waals surface area (Å²) in [7, 11) is 0. The number of nitrogens with zero attached hydrogens (tertiary/aromatic N) is 3. The minimum atomic E-state index is -0.149. The first kappa shape index (κ1) is 22.4. The van der Waals surface area contributed by atoms with Crippen molar-refractivity contribution in [2.45, 2.75) is 20.4 Å². The second-order valence-corrected chi connectivity index (χ2v) is 8.02. The van der Waals surface area contributed by atoms with Crippen molar-refractivity contribution in [1.29, 1.82) is 0 Å². The number of carbonyl (C=O) groups excluding carboxylic acids is 2. The van der Waals surface area contributed by atoms with Gasteiger partial charge in [-0.1, -0.05) is 35.8 Å². The molecule has 0 spiro atoms. The van der Waals surface area contributed by atoms with Crippen LogP contribution in [0.3, 0.4) is 0 Å². The monoisotopic (exact) mass is 467 g/mol. The highest BCUT2D eigenvalue weighted by Crippen LogP contribution is 2.16. The Labute approximate surface area is 178 Å². The Morgan fingerprint density at radius 2 is 1.82 bits per heavy atom. The van der Waals surface area contributed by atoms with Crippen LogP contribution in [0.15, 0.2) is 41.1 Å². The van der Waals surface area contributed by atoms with Crippen LogP contribution in [0, 0.1) is 0 Å². The van der Waals surface area contributed by atoms with Crippen LogP contribution in [0.2, 0.25) is 0 Å². The van der Waals surface area contributed by atoms with Crippen molar-refractivity contribution >= 4 is 50.9 Å². The van der Waals surface area contributed by atoms with Crippen molar-refractivity contribution in [3.8, 4) is 0 Å². The summed E-state index contributed by atoms with van der Waals surface area (Å²) in [6.45, 7) is 7.98. The highest BCUT2D eigenvalue weighted by molar-refractivity contribution is 9.10. The molecule has 2 rings (SSSR count). The zero-order chi connectivity index (χ0) is 20.4. The molecule has 0 saturated carbocycles. The number of hydrogen-bond acceptors (Lipinski definition) is 5. The topological polar surface area (TPSA) is 79.3 Å². The van der Waals surface area contributed by atoms with E-state index in [1.807, 2.05) is 35.1 Å². The Morgan fingerprint density at radius 3 is 2.46 bits per heavy atom. The third kappa shape index (κ3) is 8.04. The lowest BCUT2D eigenvalue weighted by atomic mass is 10.3. The molecule has 2 N–H and O–H groups in total. The highest BCUT2D eigenvalue weighted by Gasteiger charge is 2.08. The van der Waals surface area contributed by atoms with Gasteiger partial charge in [0.15, 0.2) is 0 Å². The van der Waals surface area contributed by atoms with Crippen LogP contribution in [0.1, 0.15) is 13.8 Å². The van der Waals surface area contributed by atoms with Crippen LogP contribution < -0.4 is 10.6 Å². The molecule has 1 aromatic heterocycles. The van der Waals surface area contributed by atoms with E-state index in [-0.39, 0.29) is 23.3 Å². The van der Waals surface area contributed by atoms with Crippen LogP contribution in [0.25, 0.3) is 0 Å². The SMILES string of the molecule is CCN(CC)CCn1cc(NC(=O)CSCC(=O)Nc2cccc(Br)c2)cn1. The Morgan fingerprint density at radius 1 is 1.14 bits per heavy atom. The average Bonchev–Trinajstić information content (AvgIpc) is 3.09. The number of benzene rings is 1. The Balaban J connectivity index is 1.67. The predicted molar refractivity (Wildman–Crippen MR) is 119 cm³/mol. The van der Waals surface area contributed by atoms with Gasteiger partial charge in [0.1, 0.15) is 0 Å². The van der Waals surface area contributed by atoms with Crippen LogP contribution in [-0.4, -0.2) is 57.6 Å². The van der Waals surface area contributed by atoms with Gasteiger partial charge in [-0.2, -0.15) is 5.10 Å². The van der Waals surface area contributed by atoms with E-state index in [2.05, 4.69) is 50.4 Å². The molecule has 0 aliphatic heterocycles. The number of anilines is 2. The molecule has 9 heteroatoms. The van der Waals surface area contributed by atoms with Crippen LogP contribution >= 0.6 is 27.7 Å². The van der Waals surface area contributed by atoms with Gasteiger partial charge in [-0.15, -0.1) is 11.8 Å². The molecule has 1 heterocycles. The number of aromatic nitrogens is 2. The maximum Gasteiger partial charge on any atom is 0.234 e. The fourth-order valence-electron chi connectivity index (χ4n) is 2.53. The van der Waals surface area contributed by atoms with E-state index in [0.29, 0.717) is 5.69 Å². The molecule has 0 atom stereocenters. The van der Waals surface area contributed by atoms with E-state index in [1.54, 1.807) is 6.20 Å². The number of rotatable bonds is 11. The number of hydrogen-bond donors (Lipinski definition) is 2. The third-order valence-corrected chi connectivity index (χ3v) is 5.46. The largest absolute Gasteiger partial charge is 0.325 e. The zero-order valence-electron chi connectivity index (χ0n) is 16.2. The molecular formula is C19H26BrN5O2S. The van der Waals surface area contributed by atoms with Gasteiger partial charge in [0.05, 0.1) is 29.9 Å². The molecule has 152 valence electrons. The summed E-state index contributed by atoms with van der Waals surface area (Å²) in [5, 5.41) is 9.89. The van der Waals surface area contributed by atoms with Crippen molar-refractivity contribution in [2.24, 2.45) is 0 Å². The number of likely N-dealkylation sites (N-methyl/N-ethyl adjacent to an activating group) is 1. The second-order valence-electron chi connectivity index (χ2n) is 6.12. The smallest absolute Gasteiger partial charge is 0.234 e. The van der Waals surface area contributed by atoms with E-state index in [4.69, 9.17) is 0 Å². The Kier molecular flexibility index (Phi) is 9.52. The number of nitrogens with one attached hydrogen (secondary N) is 2. The third-order valence-electron chi connectivity index (χ3n) is 4.03. The van der Waals surface area contributed by atoms with Gasteiger partial charge in [0, 0.05) is 22.9 Å². The molecule has 2 aromatic rings. The van der Waals surface area contributed by atoms with E-state index in [1.165, 1.54) is 11.8 Å². The molecule has 0 aliphatic rings. The first-order valence-corrected chi connectivity index (χ1v) is 11.1. The van der Waals surface area contributed by atoms with Crippen LogP contribution in [0.4, 0.5) is 11.4 Å². The zero-order valence-corrected chi connectivity index (χ0v) is 18.6. The van der Waals surface area contributed by atoms with Gasteiger partial charge in [-0.05, 0) is 31.3 Å². The molecule has 0 radical (unpaired) electrons. The fourth-order valence-corrected chi connectivity index (χ4v) is 3.55. The summed E-state index contributed by atoms with van der Waals surface area (Å²) in [5.41, 5.74) is 1.39. The quantitative estimate of drug-likeness (QED) is 0.529. The van der Waals surface area contributed by atoms with Gasteiger partial charge < -0.3 is 15.5 Å². The van der Waals surface area contributed by atoms with Gasteiger partial charge in [0.2, 0.25) is 11.8 Å². The minimum Gasteiger partial charge on any atom is -0.325 e. The van der Waals surface area contributed by atoms with Crippen molar-refractivity contribution in [3.63, 3.8) is 0 Å². The molecule has 0 fully saturated rings. The maximum atomic E-state index is 12.0. The van der Waals surface area contributed by atoms with Crippen molar-refractivity contribution in [3.05, 3.63) is 41.1 Å². The van der Waals surface area contributed by atoms with Gasteiger partial charge in [-0.3, -0.25) is 14.3 Å². The molecular weight excluding hydrogens is 442 g/mol. The molecule has 0 bridgehead atoms. The summed E-state index contributed by atoms with van der Waals surface area (Å²) in [6, 6.07) is 7.38. The molecule has 7 nitrogen and oxygen atoms in total. The molecule has 1 aromatic carbocycles. The normalized spacial score (nSPS) is 10.9. The van der Waals surface area contributed by atoms with Gasteiger partial charge in [0.25, 0.3) is 0 Å². The molecule has 2 amide bonds. The standard InChI is InChI=1S/C19H26BrN5O2S/c1-3-24(4-2)8-9-25-12-17(11-21-25)23-19(27)14-28-13-18(26)22-16-7-5-6-15(20)10-16/h5-7,10-12H,3-4,8-9,13-14H2,1-2H3,(H,22,26)(H,23,27). The average molecular weight is 468 g/mol. The fraction of sp³-hybridized carbons (Fsp3) is 0.421. The lowest BCUT2D eigenvalue weighted by molar-refractivity contribution is -0.114. The molecule has 28 heavy (non-hydrogen) atoms. The molecule has 0 saturated heterocycles. The van der Waals surface area contributed by atoms with Crippen molar-refractivity contribution in [1.82, 2.24) is 14.7 Å². The van der Waals surface area contributed by atoms with Crippen molar-refractivity contribution in [2.75, 3.05) is 41.8 Å². The number of halogens is 1. The lowest BCUT2D eigenvalue weighted by Gasteiger charge is -2.17. The first-order valence-electron chi connectivity index (χ1n) is 9.18. The number of amides is 2. The Hall–Kier alpha value is -1.84. The highest BCUT2D eigenvalue weighted by atomic mass is 79.9. The lowest BCUT2D eigenvalue weighted by Crippen LogP contribution is -2.27. The van der Waals surface area contributed by atoms with Gasteiger partial charge in [-0.25, -0.2) is 0 Å². The first-order chi connectivity index (χ1) is 13.5. The molecule has 0 unspecified atom stereocenters. The summed E-state index contributed by atoms with van der Waals surface area (Å²) >= 11 is 4.63. The van der Waals surface area contributed by atoms with E-state index in [0.717, 1.165) is 36.3 Å². The second kappa shape index (κ2) is 11.9. The predicted octanol–water partition coefficient (Wildman–Crippen LogP) is 3.30. The van der Waals surface area contributed by atoms with Gasteiger partial charge >= 0.3 is 0 Å². The number of thioether (sulfide) groups is 1. The van der Waals surface area contributed by atoms with E-state index >= 15 is 0 Å². The van der Waals surface area contributed by atoms with Crippen LogP contribution in [0.5, 0.6) is 0 Å². The maximum absolute atomic E-state index is 12.0. The van der Waals surface area contributed by atoms with Crippen molar-refractivity contribution < 1.29 is 9.59 Å². The van der Waals surface area contributed by atoms with E-state index < -0.39 is 0 Å². The Bertz CT molecular complexity index is 779. The molecule has 0 aliphatic carbocycles. The summed E-state index contributed by atoms with van der Waals surface area (Å²) in [4.78, 5) is 26.3. The summed E-state index contributed by atoms with van der Waals surface area (Å²) in [6.07, 6.45) is 3.47. The van der Waals surface area contributed by atoms with E-state index in [9.17, 15) is 9.59 Å². The summed E-state index contributed by atoms with van der Waals surface area (Å²) in [5.74, 6) is 0.128. The number of carbonyl (C=O) groups is 2. The summed E-state index contributed by atoms with van der Waals surface area (Å²) < 4.78 is 2.72.